The van der Waals surface area contributed by atoms with Gasteiger partial charge in [-0.05, 0) is 37.0 Å². The van der Waals surface area contributed by atoms with E-state index in [1.165, 1.54) is 0 Å². The first-order valence-corrected chi connectivity index (χ1v) is 9.35. The van der Waals surface area contributed by atoms with Crippen LogP contribution >= 0.6 is 0 Å². The van der Waals surface area contributed by atoms with Crippen LogP contribution in [-0.2, 0) is 11.3 Å². The minimum atomic E-state index is -0.205. The Bertz CT molecular complexity index is 897. The monoisotopic (exact) mass is 365 g/mol. The number of carbonyl (C=O) groups excluding carboxylic acids is 1. The van der Waals surface area contributed by atoms with E-state index in [1.807, 2.05) is 54.6 Å². The number of rotatable bonds is 6. The summed E-state index contributed by atoms with van der Waals surface area (Å²) in [5.41, 5.74) is 1.46. The summed E-state index contributed by atoms with van der Waals surface area (Å²) in [5.74, 6) is 1.23. The molecule has 0 saturated carbocycles. The van der Waals surface area contributed by atoms with Crippen molar-refractivity contribution in [3.63, 3.8) is 0 Å². The summed E-state index contributed by atoms with van der Waals surface area (Å²) in [6, 6.07) is 17.2. The van der Waals surface area contributed by atoms with E-state index in [0.717, 1.165) is 36.1 Å². The Morgan fingerprint density at radius 2 is 1.93 bits per heavy atom. The fourth-order valence-corrected chi connectivity index (χ4v) is 3.38. The van der Waals surface area contributed by atoms with Crippen molar-refractivity contribution in [3.8, 4) is 5.75 Å². The lowest BCUT2D eigenvalue weighted by atomic mass is 10.0. The standard InChI is InChI=1S/C22H23NO4/c24-22(23-13-16-7-6-12-25-14-16)21-19(15-26-17-8-2-1-3-9-17)18-10-4-5-11-20(18)27-21/h1-5,8-11,16H,6-7,12-15H2,(H,23,24)/t16-/m0/s1. The predicted octanol–water partition coefficient (Wildman–Crippen LogP) is 4.17. The fraction of sp³-hybridized carbons (Fsp3) is 0.318. The Kier molecular flexibility index (Phi) is 5.39. The fourth-order valence-electron chi connectivity index (χ4n) is 3.38. The van der Waals surface area contributed by atoms with Gasteiger partial charge >= 0.3 is 0 Å². The van der Waals surface area contributed by atoms with Gasteiger partial charge in [-0.1, -0.05) is 36.4 Å². The third-order valence-corrected chi connectivity index (χ3v) is 4.84. The number of furan rings is 1. The van der Waals surface area contributed by atoms with Gasteiger partial charge in [0, 0.05) is 24.1 Å². The largest absolute Gasteiger partial charge is 0.489 e. The molecule has 4 rings (SSSR count). The number of fused-ring (bicyclic) bond motifs is 1. The first-order chi connectivity index (χ1) is 13.3. The van der Waals surface area contributed by atoms with Crippen LogP contribution in [0.15, 0.2) is 59.0 Å². The van der Waals surface area contributed by atoms with Crippen molar-refractivity contribution >= 4 is 16.9 Å². The summed E-state index contributed by atoms with van der Waals surface area (Å²) in [6.45, 7) is 2.38. The molecular weight excluding hydrogens is 342 g/mol. The van der Waals surface area contributed by atoms with Crippen LogP contribution in [0, 0.1) is 5.92 Å². The van der Waals surface area contributed by atoms with Crippen LogP contribution in [0.5, 0.6) is 5.75 Å². The molecule has 1 aromatic heterocycles. The van der Waals surface area contributed by atoms with Crippen LogP contribution in [0.25, 0.3) is 11.0 Å². The van der Waals surface area contributed by atoms with Gasteiger partial charge in [-0.3, -0.25) is 4.79 Å². The molecule has 1 aliphatic rings. The predicted molar refractivity (Wildman–Crippen MR) is 103 cm³/mol. The highest BCUT2D eigenvalue weighted by Crippen LogP contribution is 2.27. The van der Waals surface area contributed by atoms with Crippen LogP contribution in [0.1, 0.15) is 29.0 Å². The summed E-state index contributed by atoms with van der Waals surface area (Å²) in [4.78, 5) is 12.8. The lowest BCUT2D eigenvalue weighted by Crippen LogP contribution is -2.33. The van der Waals surface area contributed by atoms with Gasteiger partial charge in [0.1, 0.15) is 17.9 Å². The maximum atomic E-state index is 12.8. The Hall–Kier alpha value is -2.79. The van der Waals surface area contributed by atoms with Crippen LogP contribution in [0.2, 0.25) is 0 Å². The molecule has 2 aromatic carbocycles. The molecule has 0 bridgehead atoms. The van der Waals surface area contributed by atoms with Crippen molar-refractivity contribution in [1.82, 2.24) is 5.32 Å². The maximum Gasteiger partial charge on any atom is 0.287 e. The second-order valence-corrected chi connectivity index (χ2v) is 6.80. The number of amides is 1. The van der Waals surface area contributed by atoms with Crippen molar-refractivity contribution in [2.24, 2.45) is 5.92 Å². The van der Waals surface area contributed by atoms with Gasteiger partial charge in [0.15, 0.2) is 5.76 Å². The summed E-state index contributed by atoms with van der Waals surface area (Å²) in [6.07, 6.45) is 2.12. The quantitative estimate of drug-likeness (QED) is 0.712. The van der Waals surface area contributed by atoms with Crippen LogP contribution in [0.3, 0.4) is 0 Å². The molecule has 3 aromatic rings. The Labute approximate surface area is 158 Å². The van der Waals surface area contributed by atoms with Crippen LogP contribution in [0.4, 0.5) is 0 Å². The summed E-state index contributed by atoms with van der Waals surface area (Å²) in [7, 11) is 0. The molecule has 2 heterocycles. The van der Waals surface area contributed by atoms with Crippen molar-refractivity contribution in [1.29, 1.82) is 0 Å². The highest BCUT2D eigenvalue weighted by Gasteiger charge is 2.22. The minimum absolute atomic E-state index is 0.205. The smallest absolute Gasteiger partial charge is 0.287 e. The van der Waals surface area contributed by atoms with Gasteiger partial charge in [-0.25, -0.2) is 0 Å². The number of hydrogen-bond donors (Lipinski definition) is 1. The Morgan fingerprint density at radius 1 is 1.11 bits per heavy atom. The first-order valence-electron chi connectivity index (χ1n) is 9.35. The summed E-state index contributed by atoms with van der Waals surface area (Å²) in [5, 5.41) is 3.90. The zero-order valence-electron chi connectivity index (χ0n) is 15.1. The van der Waals surface area contributed by atoms with Gasteiger partial charge < -0.3 is 19.2 Å². The van der Waals surface area contributed by atoms with Crippen LogP contribution in [-0.4, -0.2) is 25.7 Å². The third-order valence-electron chi connectivity index (χ3n) is 4.84. The SMILES string of the molecule is O=C(NC[C@@H]1CCCOC1)c1oc2ccccc2c1COc1ccccc1. The molecule has 1 saturated heterocycles. The molecule has 27 heavy (non-hydrogen) atoms. The lowest BCUT2D eigenvalue weighted by Gasteiger charge is -2.22. The number of hydrogen-bond acceptors (Lipinski definition) is 4. The Balaban J connectivity index is 1.52. The number of carbonyl (C=O) groups is 1. The highest BCUT2D eigenvalue weighted by molar-refractivity contribution is 5.99. The normalized spacial score (nSPS) is 17.0. The molecule has 1 fully saturated rings. The molecule has 5 heteroatoms. The van der Waals surface area contributed by atoms with E-state index in [1.54, 1.807) is 0 Å². The highest BCUT2D eigenvalue weighted by atomic mass is 16.5. The average Bonchev–Trinajstić information content (AvgIpc) is 3.11. The van der Waals surface area contributed by atoms with E-state index < -0.39 is 0 Å². The lowest BCUT2D eigenvalue weighted by molar-refractivity contribution is 0.0533. The van der Waals surface area contributed by atoms with Gasteiger partial charge in [0.05, 0.1) is 6.61 Å². The molecule has 1 atom stereocenters. The van der Waals surface area contributed by atoms with Crippen molar-refractivity contribution < 1.29 is 18.7 Å². The summed E-state index contributed by atoms with van der Waals surface area (Å²) >= 11 is 0. The molecule has 0 aliphatic carbocycles. The zero-order chi connectivity index (χ0) is 18.5. The number of para-hydroxylation sites is 2. The molecule has 0 unspecified atom stereocenters. The van der Waals surface area contributed by atoms with E-state index in [-0.39, 0.29) is 12.5 Å². The number of nitrogens with one attached hydrogen (secondary N) is 1. The molecular formula is C22H23NO4. The van der Waals surface area contributed by atoms with Gasteiger partial charge in [-0.2, -0.15) is 0 Å². The van der Waals surface area contributed by atoms with Gasteiger partial charge in [-0.15, -0.1) is 0 Å². The third kappa shape index (κ3) is 4.14. The molecule has 140 valence electrons. The van der Waals surface area contributed by atoms with Crippen molar-refractivity contribution in [2.45, 2.75) is 19.4 Å². The van der Waals surface area contributed by atoms with Crippen molar-refractivity contribution in [3.05, 3.63) is 65.9 Å². The molecule has 5 nitrogen and oxygen atoms in total. The molecule has 1 amide bonds. The van der Waals surface area contributed by atoms with E-state index in [9.17, 15) is 4.79 Å². The van der Waals surface area contributed by atoms with E-state index >= 15 is 0 Å². The molecule has 0 spiro atoms. The minimum Gasteiger partial charge on any atom is -0.489 e. The maximum absolute atomic E-state index is 12.8. The van der Waals surface area contributed by atoms with Crippen molar-refractivity contribution in [2.75, 3.05) is 19.8 Å². The average molecular weight is 365 g/mol. The van der Waals surface area contributed by atoms with Gasteiger partial charge in [0.25, 0.3) is 5.91 Å². The van der Waals surface area contributed by atoms with E-state index in [4.69, 9.17) is 13.9 Å². The number of benzene rings is 2. The number of ether oxygens (including phenoxy) is 2. The first kappa shape index (κ1) is 17.6. The second kappa shape index (κ2) is 8.27. The molecule has 0 radical (unpaired) electrons. The Morgan fingerprint density at radius 3 is 2.74 bits per heavy atom. The summed E-state index contributed by atoms with van der Waals surface area (Å²) < 4.78 is 17.2. The van der Waals surface area contributed by atoms with E-state index in [0.29, 0.717) is 30.4 Å². The molecule has 1 N–H and O–H groups in total. The second-order valence-electron chi connectivity index (χ2n) is 6.80. The van der Waals surface area contributed by atoms with E-state index in [2.05, 4.69) is 5.32 Å². The van der Waals surface area contributed by atoms with Crippen LogP contribution < -0.4 is 10.1 Å². The zero-order valence-corrected chi connectivity index (χ0v) is 15.1. The topological polar surface area (TPSA) is 60.7 Å². The molecule has 1 aliphatic heterocycles. The van der Waals surface area contributed by atoms with Gasteiger partial charge in [0.2, 0.25) is 0 Å².